The molecule has 0 unspecified atom stereocenters. The molecule has 0 saturated carbocycles. The summed E-state index contributed by atoms with van der Waals surface area (Å²) in [4.78, 5) is 0. The van der Waals surface area contributed by atoms with E-state index in [1.165, 1.54) is 18.2 Å². The van der Waals surface area contributed by atoms with Crippen molar-refractivity contribution in [3.63, 3.8) is 0 Å². The third-order valence-electron chi connectivity index (χ3n) is 0.943. The summed E-state index contributed by atoms with van der Waals surface area (Å²) in [6, 6.07) is 0. The highest BCUT2D eigenvalue weighted by Crippen LogP contribution is 1.99. The van der Waals surface area contributed by atoms with Crippen molar-refractivity contribution in [1.29, 1.82) is 0 Å². The summed E-state index contributed by atoms with van der Waals surface area (Å²) in [5, 5.41) is 0. The fraction of sp³-hybridized carbons (Fsp3) is 0.143. The molecule has 0 amide bonds. The van der Waals surface area contributed by atoms with E-state index in [-0.39, 0.29) is 0 Å². The highest BCUT2D eigenvalue weighted by molar-refractivity contribution is 7.86. The zero-order valence-corrected chi connectivity index (χ0v) is 6.84. The first-order chi connectivity index (χ1) is 4.99. The highest BCUT2D eigenvalue weighted by Gasteiger charge is 2.04. The summed E-state index contributed by atoms with van der Waals surface area (Å²) in [6.07, 6.45) is 4.26. The Kier molecular flexibility index (Phi) is 3.78. The first-order valence-corrected chi connectivity index (χ1v) is 4.49. The molecule has 62 valence electrons. The Labute approximate surface area is 66.5 Å². The maximum atomic E-state index is 10.3. The molecule has 0 radical (unpaired) electrons. The predicted octanol–water partition coefficient (Wildman–Crippen LogP) is 1.17. The van der Waals surface area contributed by atoms with Crippen LogP contribution in [0.15, 0.2) is 37.0 Å². The molecule has 0 aromatic rings. The van der Waals surface area contributed by atoms with Crippen LogP contribution < -0.4 is 0 Å². The fourth-order valence-corrected chi connectivity index (χ4v) is 1.17. The topological polar surface area (TPSA) is 54.4 Å². The smallest absolute Gasteiger partial charge is 0.269 e. The van der Waals surface area contributed by atoms with E-state index >= 15 is 0 Å². The average Bonchev–Trinajstić information content (AvgIpc) is 1.84. The molecule has 1 N–H and O–H groups in total. The van der Waals surface area contributed by atoms with E-state index in [0.29, 0.717) is 5.57 Å². The Morgan fingerprint density at radius 3 is 2.27 bits per heavy atom. The zero-order valence-electron chi connectivity index (χ0n) is 6.03. The number of hydrogen-bond acceptors (Lipinski definition) is 2. The van der Waals surface area contributed by atoms with Crippen LogP contribution in [0.4, 0.5) is 0 Å². The van der Waals surface area contributed by atoms with Gasteiger partial charge < -0.3 is 0 Å². The van der Waals surface area contributed by atoms with Crippen LogP contribution in [0.1, 0.15) is 0 Å². The quantitative estimate of drug-likeness (QED) is 0.514. The summed E-state index contributed by atoms with van der Waals surface area (Å²) in [6.45, 7) is 6.75. The van der Waals surface area contributed by atoms with E-state index in [0.717, 1.165) is 0 Å². The van der Waals surface area contributed by atoms with Crippen molar-refractivity contribution in [3.8, 4) is 0 Å². The van der Waals surface area contributed by atoms with Gasteiger partial charge in [-0.1, -0.05) is 31.4 Å². The normalized spacial score (nSPS) is 12.6. The number of allylic oxidation sites excluding steroid dienone is 3. The van der Waals surface area contributed by atoms with Crippen molar-refractivity contribution >= 4 is 10.1 Å². The summed E-state index contributed by atoms with van der Waals surface area (Å²) in [5.41, 5.74) is 0.419. The van der Waals surface area contributed by atoms with Gasteiger partial charge in [0, 0.05) is 0 Å². The van der Waals surface area contributed by atoms with Crippen LogP contribution in [0, 0.1) is 0 Å². The first kappa shape index (κ1) is 10.1. The molecule has 0 saturated heterocycles. The van der Waals surface area contributed by atoms with Gasteiger partial charge in [-0.2, -0.15) is 8.42 Å². The Morgan fingerprint density at radius 2 is 2.00 bits per heavy atom. The van der Waals surface area contributed by atoms with Crippen molar-refractivity contribution < 1.29 is 13.0 Å². The summed E-state index contributed by atoms with van der Waals surface area (Å²) in [5.74, 6) is -0.414. The predicted molar refractivity (Wildman–Crippen MR) is 44.9 cm³/mol. The van der Waals surface area contributed by atoms with Gasteiger partial charge >= 0.3 is 0 Å². The van der Waals surface area contributed by atoms with Crippen LogP contribution >= 0.6 is 0 Å². The van der Waals surface area contributed by atoms with E-state index in [1.54, 1.807) is 0 Å². The van der Waals surface area contributed by atoms with Crippen molar-refractivity contribution in [1.82, 2.24) is 0 Å². The highest BCUT2D eigenvalue weighted by atomic mass is 32.2. The van der Waals surface area contributed by atoms with Crippen molar-refractivity contribution in [2.75, 3.05) is 5.75 Å². The van der Waals surface area contributed by atoms with Gasteiger partial charge in [-0.05, 0) is 5.57 Å². The molecule has 0 rings (SSSR count). The molecule has 0 spiro atoms. The molecular weight excluding hydrogens is 164 g/mol. The van der Waals surface area contributed by atoms with Gasteiger partial charge in [0.1, 0.15) is 5.75 Å². The van der Waals surface area contributed by atoms with E-state index < -0.39 is 15.9 Å². The van der Waals surface area contributed by atoms with E-state index in [9.17, 15) is 8.42 Å². The van der Waals surface area contributed by atoms with Crippen LogP contribution in [-0.4, -0.2) is 18.7 Å². The number of rotatable bonds is 4. The van der Waals surface area contributed by atoms with Crippen LogP contribution in [0.25, 0.3) is 0 Å². The molecule has 0 aromatic heterocycles. The lowest BCUT2D eigenvalue weighted by molar-refractivity contribution is 0.486. The monoisotopic (exact) mass is 174 g/mol. The Bertz CT molecular complexity index is 272. The van der Waals surface area contributed by atoms with Crippen LogP contribution in [0.5, 0.6) is 0 Å². The summed E-state index contributed by atoms with van der Waals surface area (Å²) in [7, 11) is -3.94. The maximum Gasteiger partial charge on any atom is 0.269 e. The van der Waals surface area contributed by atoms with Crippen LogP contribution in [0.3, 0.4) is 0 Å². The lowest BCUT2D eigenvalue weighted by Gasteiger charge is -1.95. The Morgan fingerprint density at radius 1 is 1.45 bits per heavy atom. The Hall–Kier alpha value is -0.870. The first-order valence-electron chi connectivity index (χ1n) is 2.89. The molecule has 0 fully saturated rings. The molecule has 0 heterocycles. The minimum Gasteiger partial charge on any atom is -0.285 e. The van der Waals surface area contributed by atoms with Crippen LogP contribution in [0.2, 0.25) is 0 Å². The minimum atomic E-state index is -3.94. The fourth-order valence-electron chi connectivity index (χ4n) is 0.537. The molecular formula is C7H10O3S. The zero-order chi connectivity index (χ0) is 8.91. The largest absolute Gasteiger partial charge is 0.285 e. The SMILES string of the molecule is C=CC=C(C=C)CS(=O)(=O)O. The minimum absolute atomic E-state index is 0.414. The van der Waals surface area contributed by atoms with Gasteiger partial charge in [0.2, 0.25) is 0 Å². The molecule has 0 aliphatic heterocycles. The second-order valence-corrected chi connectivity index (χ2v) is 3.36. The molecule has 0 aliphatic rings. The molecule has 0 aliphatic carbocycles. The lowest BCUT2D eigenvalue weighted by Crippen LogP contribution is -2.04. The van der Waals surface area contributed by atoms with Gasteiger partial charge in [0.25, 0.3) is 10.1 Å². The van der Waals surface area contributed by atoms with E-state index in [1.807, 2.05) is 0 Å². The molecule has 3 nitrogen and oxygen atoms in total. The van der Waals surface area contributed by atoms with Crippen molar-refractivity contribution in [2.45, 2.75) is 0 Å². The van der Waals surface area contributed by atoms with E-state index in [2.05, 4.69) is 13.2 Å². The third kappa shape index (κ3) is 5.57. The molecule has 0 atom stereocenters. The number of hydrogen-bond donors (Lipinski definition) is 1. The Balaban J connectivity index is 4.46. The van der Waals surface area contributed by atoms with Gasteiger partial charge in [-0.15, -0.1) is 0 Å². The molecule has 4 heteroatoms. The molecule has 0 aromatic carbocycles. The third-order valence-corrected chi connectivity index (χ3v) is 1.64. The molecule has 0 bridgehead atoms. The maximum absolute atomic E-state index is 10.3. The molecule has 11 heavy (non-hydrogen) atoms. The second-order valence-electron chi connectivity index (χ2n) is 1.91. The standard InChI is InChI=1S/C7H10O3S/c1-3-5-7(4-2)6-11(8,9)10/h3-5H,1-2,6H2,(H,8,9,10). The van der Waals surface area contributed by atoms with Crippen LogP contribution in [-0.2, 0) is 10.1 Å². The lowest BCUT2D eigenvalue weighted by atomic mass is 10.3. The van der Waals surface area contributed by atoms with Gasteiger partial charge in [-0.3, -0.25) is 4.55 Å². The van der Waals surface area contributed by atoms with Crippen molar-refractivity contribution in [3.05, 3.63) is 37.0 Å². The average molecular weight is 174 g/mol. The van der Waals surface area contributed by atoms with Gasteiger partial charge in [0.05, 0.1) is 0 Å². The van der Waals surface area contributed by atoms with E-state index in [4.69, 9.17) is 4.55 Å². The van der Waals surface area contributed by atoms with Crippen molar-refractivity contribution in [2.24, 2.45) is 0 Å². The second kappa shape index (κ2) is 4.10. The summed E-state index contributed by atoms with van der Waals surface area (Å²) < 4.78 is 29.0. The summed E-state index contributed by atoms with van der Waals surface area (Å²) >= 11 is 0. The van der Waals surface area contributed by atoms with Gasteiger partial charge in [-0.25, -0.2) is 0 Å². The van der Waals surface area contributed by atoms with Gasteiger partial charge in [0.15, 0.2) is 0 Å².